The molecule has 0 spiro atoms. The van der Waals surface area contributed by atoms with Crippen molar-refractivity contribution in [2.24, 2.45) is 14.1 Å². The van der Waals surface area contributed by atoms with E-state index in [0.29, 0.717) is 12.2 Å². The van der Waals surface area contributed by atoms with Crippen molar-refractivity contribution in [2.75, 3.05) is 0 Å². The normalized spacial score (nSPS) is 12.3. The van der Waals surface area contributed by atoms with Crippen molar-refractivity contribution >= 4 is 0 Å². The summed E-state index contributed by atoms with van der Waals surface area (Å²) >= 11 is 0. The van der Waals surface area contributed by atoms with Gasteiger partial charge in [-0.05, 0) is 24.6 Å². The Morgan fingerprint density at radius 1 is 1.20 bits per heavy atom. The van der Waals surface area contributed by atoms with E-state index in [-0.39, 0.29) is 17.3 Å². The smallest absolute Gasteiger partial charge is 0.305 e. The molecule has 20 heavy (non-hydrogen) atoms. The zero-order valence-electron chi connectivity index (χ0n) is 11.8. The van der Waals surface area contributed by atoms with Crippen molar-refractivity contribution in [1.29, 1.82) is 0 Å². The lowest BCUT2D eigenvalue weighted by Gasteiger charge is -2.15. The first-order valence-electron chi connectivity index (χ1n) is 6.40. The lowest BCUT2D eigenvalue weighted by atomic mass is 10.1. The summed E-state index contributed by atoms with van der Waals surface area (Å²) in [5.41, 5.74) is 1.17. The van der Waals surface area contributed by atoms with Gasteiger partial charge in [0.1, 0.15) is 0 Å². The van der Waals surface area contributed by atoms with Crippen LogP contribution in [0.1, 0.15) is 24.2 Å². The molecule has 6 nitrogen and oxygen atoms in total. The Morgan fingerprint density at radius 2 is 1.85 bits per heavy atom. The summed E-state index contributed by atoms with van der Waals surface area (Å²) in [6.45, 7) is 2.47. The molecule has 0 amide bonds. The molecule has 2 aromatic heterocycles. The number of rotatable bonds is 4. The third-order valence-electron chi connectivity index (χ3n) is 3.42. The first-order valence-corrected chi connectivity index (χ1v) is 6.40. The van der Waals surface area contributed by atoms with Crippen LogP contribution in [0.15, 0.2) is 40.2 Å². The summed E-state index contributed by atoms with van der Waals surface area (Å²) in [6, 6.07) is 5.45. The summed E-state index contributed by atoms with van der Waals surface area (Å²) in [5, 5.41) is 3.29. The van der Waals surface area contributed by atoms with Gasteiger partial charge in [0, 0.05) is 50.8 Å². The fourth-order valence-electron chi connectivity index (χ4n) is 1.98. The SMILES string of the molecule is CC(NCc1cc(=O)n(C)c(=O)n1C)c1ccncc1. The van der Waals surface area contributed by atoms with E-state index in [1.165, 1.54) is 17.7 Å². The highest BCUT2D eigenvalue weighted by Crippen LogP contribution is 2.10. The van der Waals surface area contributed by atoms with E-state index >= 15 is 0 Å². The van der Waals surface area contributed by atoms with Crippen LogP contribution in [0.3, 0.4) is 0 Å². The topological polar surface area (TPSA) is 68.9 Å². The molecule has 1 atom stereocenters. The number of aromatic nitrogens is 3. The quantitative estimate of drug-likeness (QED) is 0.872. The molecule has 6 heteroatoms. The number of nitrogens with one attached hydrogen (secondary N) is 1. The van der Waals surface area contributed by atoms with Gasteiger partial charge in [-0.15, -0.1) is 0 Å². The number of hydrogen-bond acceptors (Lipinski definition) is 4. The standard InChI is InChI=1S/C14H18N4O2/c1-10(11-4-6-15-7-5-11)16-9-12-8-13(19)18(3)14(20)17(12)2/h4-8,10,16H,9H2,1-3H3. The van der Waals surface area contributed by atoms with Crippen molar-refractivity contribution in [1.82, 2.24) is 19.4 Å². The molecule has 106 valence electrons. The van der Waals surface area contributed by atoms with Crippen molar-refractivity contribution in [3.63, 3.8) is 0 Å². The number of pyridine rings is 1. The lowest BCUT2D eigenvalue weighted by molar-refractivity contribution is 0.539. The maximum atomic E-state index is 11.8. The van der Waals surface area contributed by atoms with Crippen LogP contribution in [0.5, 0.6) is 0 Å². The first kappa shape index (κ1) is 14.2. The van der Waals surface area contributed by atoms with Gasteiger partial charge in [0.15, 0.2) is 0 Å². The predicted octanol–water partition coefficient (Wildman–Crippen LogP) is 0.330. The Bertz CT molecular complexity index is 703. The highest BCUT2D eigenvalue weighted by molar-refractivity contribution is 5.14. The minimum atomic E-state index is -0.314. The van der Waals surface area contributed by atoms with Gasteiger partial charge in [-0.2, -0.15) is 0 Å². The highest BCUT2D eigenvalue weighted by atomic mass is 16.2. The predicted molar refractivity (Wildman–Crippen MR) is 76.4 cm³/mol. The number of nitrogens with zero attached hydrogens (tertiary/aromatic N) is 3. The van der Waals surface area contributed by atoms with E-state index in [2.05, 4.69) is 10.3 Å². The van der Waals surface area contributed by atoms with Gasteiger partial charge >= 0.3 is 5.69 Å². The summed E-state index contributed by atoms with van der Waals surface area (Å²) in [7, 11) is 3.14. The van der Waals surface area contributed by atoms with E-state index in [1.54, 1.807) is 19.4 Å². The van der Waals surface area contributed by atoms with Crippen molar-refractivity contribution in [2.45, 2.75) is 19.5 Å². The van der Waals surface area contributed by atoms with Gasteiger partial charge in [0.05, 0.1) is 0 Å². The highest BCUT2D eigenvalue weighted by Gasteiger charge is 2.08. The van der Waals surface area contributed by atoms with Gasteiger partial charge in [-0.25, -0.2) is 4.79 Å². The average molecular weight is 274 g/mol. The minimum absolute atomic E-state index is 0.108. The molecule has 2 aromatic rings. The zero-order valence-corrected chi connectivity index (χ0v) is 11.8. The maximum Gasteiger partial charge on any atom is 0.330 e. The van der Waals surface area contributed by atoms with E-state index in [4.69, 9.17) is 0 Å². The molecule has 1 unspecified atom stereocenters. The van der Waals surface area contributed by atoms with Crippen LogP contribution in [0.25, 0.3) is 0 Å². The Labute approximate surface area is 116 Å². The van der Waals surface area contributed by atoms with Gasteiger partial charge in [0.25, 0.3) is 5.56 Å². The third kappa shape index (κ3) is 2.85. The molecule has 2 heterocycles. The lowest BCUT2D eigenvalue weighted by Crippen LogP contribution is -2.39. The average Bonchev–Trinajstić information content (AvgIpc) is 2.48. The zero-order chi connectivity index (χ0) is 14.7. The molecule has 0 saturated carbocycles. The molecule has 0 aliphatic rings. The van der Waals surface area contributed by atoms with Crippen molar-refractivity contribution in [3.8, 4) is 0 Å². The fraction of sp³-hybridized carbons (Fsp3) is 0.357. The molecular formula is C14H18N4O2. The van der Waals surface area contributed by atoms with Gasteiger partial charge in [-0.3, -0.25) is 18.9 Å². The molecule has 0 aliphatic carbocycles. The largest absolute Gasteiger partial charge is 0.330 e. The van der Waals surface area contributed by atoms with Crippen LogP contribution in [0, 0.1) is 0 Å². The molecule has 0 aliphatic heterocycles. The Balaban J connectivity index is 2.16. The Morgan fingerprint density at radius 3 is 2.50 bits per heavy atom. The summed E-state index contributed by atoms with van der Waals surface area (Å²) in [4.78, 5) is 27.4. The molecule has 0 saturated heterocycles. The molecule has 1 N–H and O–H groups in total. The van der Waals surface area contributed by atoms with Crippen molar-refractivity contribution < 1.29 is 0 Å². The summed E-state index contributed by atoms with van der Waals surface area (Å²) in [6.07, 6.45) is 3.48. The van der Waals surface area contributed by atoms with E-state index in [1.807, 2.05) is 19.1 Å². The second-order valence-corrected chi connectivity index (χ2v) is 4.76. The van der Waals surface area contributed by atoms with E-state index in [9.17, 15) is 9.59 Å². The number of hydrogen-bond donors (Lipinski definition) is 1. The minimum Gasteiger partial charge on any atom is -0.305 e. The van der Waals surface area contributed by atoms with Crippen LogP contribution in [0.4, 0.5) is 0 Å². The van der Waals surface area contributed by atoms with Gasteiger partial charge in [-0.1, -0.05) is 0 Å². The second kappa shape index (κ2) is 5.83. The van der Waals surface area contributed by atoms with Gasteiger partial charge < -0.3 is 5.32 Å². The van der Waals surface area contributed by atoms with Crippen LogP contribution < -0.4 is 16.6 Å². The van der Waals surface area contributed by atoms with Crippen LogP contribution in [0.2, 0.25) is 0 Å². The molecule has 0 radical (unpaired) electrons. The van der Waals surface area contributed by atoms with Crippen LogP contribution in [-0.2, 0) is 20.6 Å². The first-order chi connectivity index (χ1) is 9.50. The fourth-order valence-corrected chi connectivity index (χ4v) is 1.98. The monoisotopic (exact) mass is 274 g/mol. The maximum absolute atomic E-state index is 11.8. The van der Waals surface area contributed by atoms with E-state index in [0.717, 1.165) is 10.1 Å². The molecule has 2 rings (SSSR count). The Kier molecular flexibility index (Phi) is 4.14. The van der Waals surface area contributed by atoms with Gasteiger partial charge in [0.2, 0.25) is 0 Å². The molecule has 0 bridgehead atoms. The Hall–Kier alpha value is -2.21. The third-order valence-corrected chi connectivity index (χ3v) is 3.42. The van der Waals surface area contributed by atoms with Crippen LogP contribution >= 0.6 is 0 Å². The summed E-state index contributed by atoms with van der Waals surface area (Å²) < 4.78 is 2.57. The van der Waals surface area contributed by atoms with Crippen LogP contribution in [-0.4, -0.2) is 14.1 Å². The molecule has 0 fully saturated rings. The van der Waals surface area contributed by atoms with E-state index < -0.39 is 0 Å². The molecular weight excluding hydrogens is 256 g/mol. The second-order valence-electron chi connectivity index (χ2n) is 4.76. The molecule has 0 aromatic carbocycles. The van der Waals surface area contributed by atoms with Crippen molar-refractivity contribution in [3.05, 3.63) is 62.7 Å². The summed E-state index contributed by atoms with van der Waals surface area (Å²) in [5.74, 6) is 0.